The minimum atomic E-state index is -1.77. The number of hydrogen-bond acceptors (Lipinski definition) is 19. The van der Waals surface area contributed by atoms with E-state index < -0.39 is 168 Å². The molecule has 0 fully saturated rings. The Hall–Kier alpha value is -11.0. The van der Waals surface area contributed by atoms with E-state index in [1.807, 2.05) is 0 Å². The number of amides is 12. The van der Waals surface area contributed by atoms with Gasteiger partial charge in [0.15, 0.2) is 0 Å². The molecule has 2 aromatic heterocycles. The number of carbonyl (C=O) groups excluding carboxylic acids is 12. The molecule has 21 N–H and O–H groups in total. The van der Waals surface area contributed by atoms with Crippen LogP contribution in [0.4, 0.5) is 0 Å². The van der Waals surface area contributed by atoms with Crippen molar-refractivity contribution in [3.05, 3.63) is 126 Å². The van der Waals surface area contributed by atoms with Crippen LogP contribution in [-0.4, -0.2) is 191 Å². The number of aliphatic hydroxyl groups excluding tert-OH is 1. The SMILES string of the molecule is CC[C@H](C)[C@@H](NC(=O)[C@H](O)Cc1ccc(O)cc1)C(=O)N[C@H](Cc1ccc(O)cc1)C(=O)N[C@H](CC(N)=O)C(=O)N[C@@H](C(=O)N[C@H](C)C(=O)NCC(=O)N[C@H](CC(C)C)C(=O)N[C@H](Cc1ccc(O)cc1)C(=O)N[C@@H](C(=O)N[C@H](Cc1cnc[nH]1)C(=O)N[C@@H](CN)Cc1cnc[nH]1)[C@@H](C)CC)C(C)C. The van der Waals surface area contributed by atoms with Crippen LogP contribution >= 0.6 is 0 Å². The lowest BCUT2D eigenvalue weighted by atomic mass is 9.96. The van der Waals surface area contributed by atoms with E-state index in [2.05, 4.69) is 78.4 Å². The highest BCUT2D eigenvalue weighted by molar-refractivity contribution is 6.00. The lowest BCUT2D eigenvalue weighted by Crippen LogP contribution is -2.61. The number of primary amides is 1. The van der Waals surface area contributed by atoms with E-state index in [0.29, 0.717) is 47.3 Å². The fourth-order valence-corrected chi connectivity index (χ4v) is 10.9. The number of aliphatic hydroxyl groups is 1. The van der Waals surface area contributed by atoms with E-state index in [4.69, 9.17) is 11.5 Å². The largest absolute Gasteiger partial charge is 0.508 e. The second-order valence-electron chi connectivity index (χ2n) is 26.7. The summed E-state index contributed by atoms with van der Waals surface area (Å²) in [6, 6.07) is 4.00. The van der Waals surface area contributed by atoms with Gasteiger partial charge in [-0.05, 0) is 90.1 Å². The number of rotatable bonds is 42. The van der Waals surface area contributed by atoms with Gasteiger partial charge in [-0.3, -0.25) is 57.5 Å². The maximum Gasteiger partial charge on any atom is 0.249 e. The maximum absolute atomic E-state index is 14.6. The monoisotopic (exact) mass is 1450 g/mol. The average Bonchev–Trinajstić information content (AvgIpc) is 0.924. The van der Waals surface area contributed by atoms with Gasteiger partial charge in [0.25, 0.3) is 0 Å². The molecule has 566 valence electrons. The Morgan fingerprint density at radius 2 is 0.837 bits per heavy atom. The van der Waals surface area contributed by atoms with Gasteiger partial charge in [0.2, 0.25) is 70.9 Å². The van der Waals surface area contributed by atoms with Crippen molar-refractivity contribution in [2.24, 2.45) is 35.1 Å². The topological polar surface area (TPSA) is 527 Å². The van der Waals surface area contributed by atoms with E-state index >= 15 is 0 Å². The third-order valence-electron chi connectivity index (χ3n) is 17.4. The number of nitrogens with two attached hydrogens (primary N) is 2. The van der Waals surface area contributed by atoms with Crippen molar-refractivity contribution < 1.29 is 78.0 Å². The number of nitrogens with zero attached hydrogens (tertiary/aromatic N) is 2. The Labute approximate surface area is 603 Å². The summed E-state index contributed by atoms with van der Waals surface area (Å²) < 4.78 is 0. The zero-order chi connectivity index (χ0) is 76.9. The summed E-state index contributed by atoms with van der Waals surface area (Å²) in [5.74, 6) is -12.8. The number of H-pyrrole nitrogens is 2. The molecule has 5 aromatic rings. The Kier molecular flexibility index (Phi) is 33.2. The lowest BCUT2D eigenvalue weighted by molar-refractivity contribution is -0.137. The third kappa shape index (κ3) is 27.4. The van der Waals surface area contributed by atoms with Gasteiger partial charge in [-0.15, -0.1) is 0 Å². The molecule has 2 heterocycles. The zero-order valence-electron chi connectivity index (χ0n) is 59.9. The minimum Gasteiger partial charge on any atom is -0.508 e. The Morgan fingerprint density at radius 3 is 1.28 bits per heavy atom. The van der Waals surface area contributed by atoms with Crippen LogP contribution in [0.3, 0.4) is 0 Å². The first-order chi connectivity index (χ1) is 49.3. The van der Waals surface area contributed by atoms with Crippen LogP contribution in [-0.2, 0) is 89.6 Å². The van der Waals surface area contributed by atoms with Crippen molar-refractivity contribution in [2.45, 2.75) is 187 Å². The molecule has 3 aromatic carbocycles. The molecular formula is C71H101N17O16. The summed E-state index contributed by atoms with van der Waals surface area (Å²) in [5, 5.41) is 69.4. The van der Waals surface area contributed by atoms with Crippen molar-refractivity contribution >= 4 is 70.9 Å². The van der Waals surface area contributed by atoms with Gasteiger partial charge < -0.3 is 100 Å². The average molecular weight is 1450 g/mol. The van der Waals surface area contributed by atoms with E-state index in [0.717, 1.165) is 0 Å². The number of phenolic OH excluding ortho intramolecular Hbond substituents is 3. The molecule has 0 saturated carbocycles. The van der Waals surface area contributed by atoms with Crippen molar-refractivity contribution in [3.63, 3.8) is 0 Å². The van der Waals surface area contributed by atoms with Gasteiger partial charge in [0.05, 0.1) is 25.6 Å². The number of carbonyl (C=O) groups is 12. The molecule has 33 nitrogen and oxygen atoms in total. The van der Waals surface area contributed by atoms with Gasteiger partial charge in [-0.2, -0.15) is 0 Å². The quantitative estimate of drug-likeness (QED) is 0.0217. The van der Waals surface area contributed by atoms with Gasteiger partial charge in [-0.1, -0.05) is 105 Å². The van der Waals surface area contributed by atoms with Gasteiger partial charge in [0.1, 0.15) is 77.7 Å². The minimum absolute atomic E-state index is 0.0239. The molecule has 0 spiro atoms. The number of imidazole rings is 2. The number of hydrogen-bond donors (Lipinski definition) is 19. The molecule has 12 amide bonds. The zero-order valence-corrected chi connectivity index (χ0v) is 59.9. The van der Waals surface area contributed by atoms with Crippen LogP contribution in [0.5, 0.6) is 17.2 Å². The van der Waals surface area contributed by atoms with E-state index in [1.165, 1.54) is 98.6 Å². The Morgan fingerprint density at radius 1 is 0.442 bits per heavy atom. The first-order valence-corrected chi connectivity index (χ1v) is 34.5. The fourth-order valence-electron chi connectivity index (χ4n) is 10.9. The molecule has 0 aliphatic heterocycles. The second kappa shape index (κ2) is 41.2. The molecule has 0 unspecified atom stereocenters. The molecule has 0 saturated heterocycles. The molecule has 0 aliphatic carbocycles. The highest BCUT2D eigenvalue weighted by Crippen LogP contribution is 2.19. The number of aromatic amines is 2. The second-order valence-corrected chi connectivity index (χ2v) is 26.7. The van der Waals surface area contributed by atoms with Gasteiger partial charge >= 0.3 is 0 Å². The molecule has 0 aliphatic rings. The number of aromatic nitrogens is 4. The molecule has 104 heavy (non-hydrogen) atoms. The number of phenols is 3. The number of benzene rings is 3. The standard InChI is InChI=1S/C71H101N17O16/c1-10-39(7)60(70(103)85-54(29-47-33-75-36-78-47)63(96)80-45(31-72)28-46-32-74-35-77-46)87-66(99)53(26-43-14-20-49(90)21-15-43)82-64(97)51(24-37(3)4)81-58(94)34-76-62(95)41(9)79-69(102)59(38(5)6)86-67(100)55(30-57(73)93)83-65(98)52(25-42-12-18-48(89)19-13-42)84-71(104)61(40(8)11-2)88-68(101)56(92)27-44-16-22-50(91)23-17-44/h12-23,32-33,35-41,45,51-56,59-61,89-92H,10-11,24-31,34,72H2,1-9H3,(H2,73,93)(H,74,77)(H,75,78)(H,76,95)(H,79,102)(H,80,96)(H,81,94)(H,82,97)(H,83,98)(H,84,104)(H,85,103)(H,86,100)(H,87,99)(H,88,101)/t39-,40-,41+,45+,51+,52+,53+,54+,55+,56+,59+,60+,61+/m0/s1. The summed E-state index contributed by atoms with van der Waals surface area (Å²) in [5.41, 5.74) is 14.2. The Balaban J connectivity index is 1.25. The summed E-state index contributed by atoms with van der Waals surface area (Å²) >= 11 is 0. The predicted molar refractivity (Wildman–Crippen MR) is 380 cm³/mol. The van der Waals surface area contributed by atoms with E-state index in [1.54, 1.807) is 61.6 Å². The molecule has 0 radical (unpaired) electrons. The van der Waals surface area contributed by atoms with E-state index in [-0.39, 0.29) is 61.8 Å². The molecule has 5 rings (SSSR count). The van der Waals surface area contributed by atoms with Crippen LogP contribution in [0.25, 0.3) is 0 Å². The van der Waals surface area contributed by atoms with Crippen molar-refractivity contribution in [3.8, 4) is 17.2 Å². The third-order valence-corrected chi connectivity index (χ3v) is 17.4. The first-order valence-electron chi connectivity index (χ1n) is 34.5. The number of nitrogens with one attached hydrogen (secondary N) is 13. The summed E-state index contributed by atoms with van der Waals surface area (Å²) in [6.07, 6.45) is 3.99. The van der Waals surface area contributed by atoms with Crippen LogP contribution in [0.2, 0.25) is 0 Å². The normalized spacial score (nSPS) is 15.0. The molecule has 0 bridgehead atoms. The molecular weight excluding hydrogens is 1350 g/mol. The smallest absolute Gasteiger partial charge is 0.249 e. The van der Waals surface area contributed by atoms with Crippen molar-refractivity contribution in [2.75, 3.05) is 13.1 Å². The number of aromatic hydroxyl groups is 3. The van der Waals surface area contributed by atoms with Gasteiger partial charge in [0, 0.05) is 68.5 Å². The fraction of sp³-hybridized carbons (Fsp3) is 0.493. The maximum atomic E-state index is 14.6. The highest BCUT2D eigenvalue weighted by Gasteiger charge is 2.38. The van der Waals surface area contributed by atoms with E-state index in [9.17, 15) is 78.0 Å². The highest BCUT2D eigenvalue weighted by atomic mass is 16.3. The van der Waals surface area contributed by atoms with Crippen LogP contribution < -0.4 is 70.0 Å². The molecule has 13 atom stereocenters. The predicted octanol–water partition coefficient (Wildman–Crippen LogP) is -1.26. The summed E-state index contributed by atoms with van der Waals surface area (Å²) in [7, 11) is 0. The Bertz CT molecular complexity index is 3650. The molecule has 33 heteroatoms. The first kappa shape index (κ1) is 83.7. The summed E-state index contributed by atoms with van der Waals surface area (Å²) in [6.45, 7) is 14.2. The van der Waals surface area contributed by atoms with Crippen LogP contribution in [0.15, 0.2) is 97.8 Å². The van der Waals surface area contributed by atoms with Crippen LogP contribution in [0.1, 0.15) is 116 Å². The van der Waals surface area contributed by atoms with Crippen molar-refractivity contribution in [1.82, 2.24) is 78.4 Å². The lowest BCUT2D eigenvalue weighted by Gasteiger charge is -2.29. The van der Waals surface area contributed by atoms with Crippen molar-refractivity contribution in [1.29, 1.82) is 0 Å². The summed E-state index contributed by atoms with van der Waals surface area (Å²) in [4.78, 5) is 181. The van der Waals surface area contributed by atoms with Gasteiger partial charge in [-0.25, -0.2) is 9.97 Å². The van der Waals surface area contributed by atoms with Crippen LogP contribution in [0, 0.1) is 23.7 Å².